The van der Waals surface area contributed by atoms with Crippen molar-refractivity contribution in [3.05, 3.63) is 48.0 Å². The Morgan fingerprint density at radius 3 is 2.94 bits per heavy atom. The van der Waals surface area contributed by atoms with Gasteiger partial charge in [0.1, 0.15) is 18.2 Å². The van der Waals surface area contributed by atoms with E-state index in [0.717, 1.165) is 23.7 Å². The van der Waals surface area contributed by atoms with Gasteiger partial charge in [-0.1, -0.05) is 12.1 Å². The highest BCUT2D eigenvalue weighted by Crippen LogP contribution is 2.18. The number of rotatable bonds is 5. The smallest absolute Gasteiger partial charge is 0.119 e. The van der Waals surface area contributed by atoms with Crippen LogP contribution in [0.5, 0.6) is 5.75 Å². The third kappa shape index (κ3) is 3.11. The molecule has 0 saturated carbocycles. The second-order valence-corrected chi connectivity index (χ2v) is 4.26. The van der Waals surface area contributed by atoms with Gasteiger partial charge in [0.05, 0.1) is 12.6 Å². The van der Waals surface area contributed by atoms with E-state index < -0.39 is 6.10 Å². The third-order valence-electron chi connectivity index (χ3n) is 2.87. The first-order chi connectivity index (χ1) is 8.66. The van der Waals surface area contributed by atoms with Crippen LogP contribution in [0.4, 0.5) is 0 Å². The zero-order chi connectivity index (χ0) is 13.0. The minimum atomic E-state index is -0.468. The number of benzene rings is 1. The van der Waals surface area contributed by atoms with Crippen LogP contribution in [0.2, 0.25) is 0 Å². The molecule has 1 aromatic carbocycles. The molecule has 1 atom stereocenters. The minimum absolute atomic E-state index is 0.468. The Morgan fingerprint density at radius 2 is 2.28 bits per heavy atom. The topological polar surface area (TPSA) is 47.3 Å². The van der Waals surface area contributed by atoms with E-state index in [2.05, 4.69) is 4.98 Å². The fourth-order valence-electron chi connectivity index (χ4n) is 1.77. The summed E-state index contributed by atoms with van der Waals surface area (Å²) in [4.78, 5) is 4.15. The number of ether oxygens (including phenoxy) is 1. The summed E-state index contributed by atoms with van der Waals surface area (Å²) in [5.74, 6) is 1.77. The fourth-order valence-corrected chi connectivity index (χ4v) is 1.77. The van der Waals surface area contributed by atoms with E-state index in [-0.39, 0.29) is 0 Å². The average Bonchev–Trinajstić information content (AvgIpc) is 2.76. The van der Waals surface area contributed by atoms with E-state index in [1.807, 2.05) is 42.0 Å². The molecule has 4 heteroatoms. The van der Waals surface area contributed by atoms with E-state index >= 15 is 0 Å². The molecule has 0 fully saturated rings. The summed E-state index contributed by atoms with van der Waals surface area (Å²) in [6.07, 6.45) is 3.25. The second kappa shape index (κ2) is 5.69. The highest BCUT2D eigenvalue weighted by atomic mass is 16.5. The van der Waals surface area contributed by atoms with Gasteiger partial charge in [0.15, 0.2) is 0 Å². The molecule has 0 amide bonds. The van der Waals surface area contributed by atoms with E-state index in [1.54, 1.807) is 13.1 Å². The van der Waals surface area contributed by atoms with Gasteiger partial charge in [0, 0.05) is 12.4 Å². The molecular formula is C14H18N2O2. The molecule has 0 aliphatic carbocycles. The summed E-state index contributed by atoms with van der Waals surface area (Å²) in [6.45, 7) is 5.06. The number of hydrogen-bond donors (Lipinski definition) is 1. The number of imidazole rings is 1. The summed E-state index contributed by atoms with van der Waals surface area (Å²) in [5.41, 5.74) is 0.867. The molecule has 0 saturated heterocycles. The number of aromatic nitrogens is 2. The minimum Gasteiger partial charge on any atom is -0.492 e. The monoisotopic (exact) mass is 246 g/mol. The van der Waals surface area contributed by atoms with Gasteiger partial charge < -0.3 is 14.4 Å². The van der Waals surface area contributed by atoms with Gasteiger partial charge in [-0.2, -0.15) is 0 Å². The van der Waals surface area contributed by atoms with Crippen molar-refractivity contribution in [2.24, 2.45) is 0 Å². The molecule has 2 aromatic rings. The van der Waals surface area contributed by atoms with Crippen LogP contribution in [0.3, 0.4) is 0 Å². The molecule has 0 aliphatic rings. The van der Waals surface area contributed by atoms with Crippen LogP contribution in [-0.4, -0.2) is 21.3 Å². The van der Waals surface area contributed by atoms with Gasteiger partial charge in [0.2, 0.25) is 0 Å². The Morgan fingerprint density at radius 1 is 1.44 bits per heavy atom. The Hall–Kier alpha value is -1.81. The number of aliphatic hydroxyl groups is 1. The number of aliphatic hydroxyl groups excluding tert-OH is 1. The summed E-state index contributed by atoms with van der Waals surface area (Å²) in [5, 5.41) is 9.49. The van der Waals surface area contributed by atoms with Crippen molar-refractivity contribution in [1.29, 1.82) is 0 Å². The fraction of sp³-hybridized carbons (Fsp3) is 0.357. The van der Waals surface area contributed by atoms with E-state index in [4.69, 9.17) is 4.74 Å². The lowest BCUT2D eigenvalue weighted by atomic mass is 10.1. The lowest BCUT2D eigenvalue weighted by Gasteiger charge is -2.10. The molecule has 2 rings (SSSR count). The van der Waals surface area contributed by atoms with E-state index in [1.165, 1.54) is 0 Å². The maximum atomic E-state index is 9.49. The zero-order valence-electron chi connectivity index (χ0n) is 10.7. The quantitative estimate of drug-likeness (QED) is 0.880. The van der Waals surface area contributed by atoms with Gasteiger partial charge in [0.25, 0.3) is 0 Å². The summed E-state index contributed by atoms with van der Waals surface area (Å²) < 4.78 is 7.71. The molecule has 1 heterocycles. The maximum Gasteiger partial charge on any atom is 0.119 e. The lowest BCUT2D eigenvalue weighted by Crippen LogP contribution is -2.09. The largest absolute Gasteiger partial charge is 0.492 e. The molecule has 0 aliphatic heterocycles. The van der Waals surface area contributed by atoms with Crippen molar-refractivity contribution in [1.82, 2.24) is 9.55 Å². The first-order valence-corrected chi connectivity index (χ1v) is 6.05. The van der Waals surface area contributed by atoms with Gasteiger partial charge in [-0.3, -0.25) is 0 Å². The third-order valence-corrected chi connectivity index (χ3v) is 2.87. The SMILES string of the molecule is Cc1nccn1CCOc1cccc([C@@H](C)O)c1. The summed E-state index contributed by atoms with van der Waals surface area (Å²) in [6, 6.07) is 7.54. The molecule has 4 nitrogen and oxygen atoms in total. The highest BCUT2D eigenvalue weighted by Gasteiger charge is 2.02. The molecule has 0 bridgehead atoms. The van der Waals surface area contributed by atoms with Gasteiger partial charge in [-0.25, -0.2) is 4.98 Å². The van der Waals surface area contributed by atoms with Crippen LogP contribution >= 0.6 is 0 Å². The predicted molar refractivity (Wildman–Crippen MR) is 69.5 cm³/mol. The van der Waals surface area contributed by atoms with Gasteiger partial charge in [-0.15, -0.1) is 0 Å². The Bertz CT molecular complexity index is 506. The van der Waals surface area contributed by atoms with Crippen molar-refractivity contribution in [3.63, 3.8) is 0 Å². The van der Waals surface area contributed by atoms with Crippen LogP contribution in [0, 0.1) is 6.92 Å². The molecule has 96 valence electrons. The molecule has 0 radical (unpaired) electrons. The average molecular weight is 246 g/mol. The molecule has 18 heavy (non-hydrogen) atoms. The normalized spacial score (nSPS) is 12.4. The van der Waals surface area contributed by atoms with E-state index in [9.17, 15) is 5.11 Å². The Balaban J connectivity index is 1.90. The molecule has 0 unspecified atom stereocenters. The summed E-state index contributed by atoms with van der Waals surface area (Å²) in [7, 11) is 0. The maximum absolute atomic E-state index is 9.49. The van der Waals surface area contributed by atoms with Crippen molar-refractivity contribution < 1.29 is 9.84 Å². The first-order valence-electron chi connectivity index (χ1n) is 6.05. The van der Waals surface area contributed by atoms with Crippen LogP contribution in [0.25, 0.3) is 0 Å². The van der Waals surface area contributed by atoms with Gasteiger partial charge in [-0.05, 0) is 31.5 Å². The lowest BCUT2D eigenvalue weighted by molar-refractivity contribution is 0.198. The van der Waals surface area contributed by atoms with Gasteiger partial charge >= 0.3 is 0 Å². The Kier molecular flexibility index (Phi) is 3.99. The van der Waals surface area contributed by atoms with Crippen LogP contribution in [0.15, 0.2) is 36.7 Å². The van der Waals surface area contributed by atoms with Crippen molar-refractivity contribution in [2.45, 2.75) is 26.5 Å². The predicted octanol–water partition coefficient (Wildman–Crippen LogP) is 2.32. The molecular weight excluding hydrogens is 228 g/mol. The molecule has 1 aromatic heterocycles. The first kappa shape index (κ1) is 12.6. The molecule has 1 N–H and O–H groups in total. The number of aryl methyl sites for hydroxylation is 1. The van der Waals surface area contributed by atoms with Crippen molar-refractivity contribution in [2.75, 3.05) is 6.61 Å². The standard InChI is InChI=1S/C14H18N2O2/c1-11(17)13-4-3-5-14(10-13)18-9-8-16-7-6-15-12(16)2/h3-7,10-11,17H,8-9H2,1-2H3/t11-/m1/s1. The summed E-state index contributed by atoms with van der Waals surface area (Å²) >= 11 is 0. The van der Waals surface area contributed by atoms with Crippen molar-refractivity contribution in [3.8, 4) is 5.75 Å². The number of nitrogens with zero attached hydrogens (tertiary/aromatic N) is 2. The van der Waals surface area contributed by atoms with E-state index in [0.29, 0.717) is 6.61 Å². The zero-order valence-corrected chi connectivity index (χ0v) is 10.7. The number of hydrogen-bond acceptors (Lipinski definition) is 3. The molecule has 0 spiro atoms. The van der Waals surface area contributed by atoms with Crippen LogP contribution in [-0.2, 0) is 6.54 Å². The highest BCUT2D eigenvalue weighted by molar-refractivity contribution is 5.29. The van der Waals surface area contributed by atoms with Crippen LogP contribution in [0.1, 0.15) is 24.4 Å². The Labute approximate surface area is 107 Å². The second-order valence-electron chi connectivity index (χ2n) is 4.26. The van der Waals surface area contributed by atoms with Crippen LogP contribution < -0.4 is 4.74 Å². The van der Waals surface area contributed by atoms with Crippen molar-refractivity contribution >= 4 is 0 Å².